The maximum Gasteiger partial charge on any atom is 0.408 e. The van der Waals surface area contributed by atoms with E-state index in [0.717, 1.165) is 17.4 Å². The molecule has 0 saturated heterocycles. The van der Waals surface area contributed by atoms with E-state index in [2.05, 4.69) is 27.9 Å². The molecule has 0 aliphatic rings. The van der Waals surface area contributed by atoms with Crippen LogP contribution in [0, 0.1) is 0 Å². The quantitative estimate of drug-likeness (QED) is 0.450. The van der Waals surface area contributed by atoms with Gasteiger partial charge in [-0.25, -0.2) is 4.79 Å². The standard InChI is InChI=1S/C17H16INO3/c18-16(14-9-5-2-6-10-14)15(11-20)19-17(21)22-12-13-7-3-1-4-8-13/h1-11,15-16H,12H2,(H,19,21)/t15-,16?/m0/s1. The van der Waals surface area contributed by atoms with E-state index < -0.39 is 12.1 Å². The van der Waals surface area contributed by atoms with Gasteiger partial charge in [0.25, 0.3) is 0 Å². The van der Waals surface area contributed by atoms with E-state index in [-0.39, 0.29) is 10.5 Å². The lowest BCUT2D eigenvalue weighted by Gasteiger charge is -2.19. The van der Waals surface area contributed by atoms with Crippen molar-refractivity contribution in [2.45, 2.75) is 16.6 Å². The summed E-state index contributed by atoms with van der Waals surface area (Å²) >= 11 is 2.14. The lowest BCUT2D eigenvalue weighted by atomic mass is 10.1. The van der Waals surface area contributed by atoms with E-state index in [1.165, 1.54) is 0 Å². The van der Waals surface area contributed by atoms with Gasteiger partial charge in [-0.15, -0.1) is 0 Å². The molecule has 0 saturated carbocycles. The summed E-state index contributed by atoms with van der Waals surface area (Å²) in [6, 6.07) is 18.3. The number of hydrogen-bond donors (Lipinski definition) is 1. The smallest absolute Gasteiger partial charge is 0.408 e. The molecule has 1 N–H and O–H groups in total. The number of carbonyl (C=O) groups is 2. The number of nitrogens with one attached hydrogen (secondary N) is 1. The number of benzene rings is 2. The Balaban J connectivity index is 1.89. The Hall–Kier alpha value is -1.89. The highest BCUT2D eigenvalue weighted by Crippen LogP contribution is 2.26. The highest BCUT2D eigenvalue weighted by molar-refractivity contribution is 14.1. The summed E-state index contributed by atoms with van der Waals surface area (Å²) in [5.41, 5.74) is 1.87. The Morgan fingerprint density at radius 2 is 1.68 bits per heavy atom. The number of carbonyl (C=O) groups excluding carboxylic acids is 2. The van der Waals surface area contributed by atoms with Crippen LogP contribution in [-0.4, -0.2) is 18.4 Å². The van der Waals surface area contributed by atoms with Crippen molar-refractivity contribution in [1.29, 1.82) is 0 Å². The van der Waals surface area contributed by atoms with Gasteiger partial charge in [-0.2, -0.15) is 0 Å². The third-order valence-electron chi connectivity index (χ3n) is 3.08. The molecule has 2 atom stereocenters. The molecule has 2 rings (SSSR count). The normalized spacial score (nSPS) is 13.0. The van der Waals surface area contributed by atoms with Crippen molar-refractivity contribution in [2.24, 2.45) is 0 Å². The summed E-state index contributed by atoms with van der Waals surface area (Å²) in [6.45, 7) is 0.176. The average molecular weight is 409 g/mol. The van der Waals surface area contributed by atoms with Crippen molar-refractivity contribution in [3.05, 3.63) is 71.8 Å². The Morgan fingerprint density at radius 1 is 1.09 bits per heavy atom. The lowest BCUT2D eigenvalue weighted by Crippen LogP contribution is -2.39. The topological polar surface area (TPSA) is 55.4 Å². The number of alkyl halides is 1. The first-order chi connectivity index (χ1) is 10.7. The predicted octanol–water partition coefficient (Wildman–Crippen LogP) is 3.66. The molecule has 0 bridgehead atoms. The maximum absolute atomic E-state index is 11.8. The molecule has 2 aromatic rings. The molecule has 0 spiro atoms. The molecule has 4 nitrogen and oxygen atoms in total. The van der Waals surface area contributed by atoms with Gasteiger partial charge in [-0.05, 0) is 11.1 Å². The average Bonchev–Trinajstić information content (AvgIpc) is 2.59. The number of aldehydes is 1. The van der Waals surface area contributed by atoms with Crippen molar-refractivity contribution in [3.63, 3.8) is 0 Å². The molecule has 22 heavy (non-hydrogen) atoms. The fourth-order valence-corrected chi connectivity index (χ4v) is 2.69. The van der Waals surface area contributed by atoms with Crippen LogP contribution < -0.4 is 5.32 Å². The summed E-state index contributed by atoms with van der Waals surface area (Å²) < 4.78 is 4.98. The minimum atomic E-state index is -0.633. The van der Waals surface area contributed by atoms with E-state index in [1.807, 2.05) is 60.7 Å². The monoisotopic (exact) mass is 409 g/mol. The predicted molar refractivity (Wildman–Crippen MR) is 92.8 cm³/mol. The summed E-state index contributed by atoms with van der Waals surface area (Å²) in [4.78, 5) is 23.1. The molecular weight excluding hydrogens is 393 g/mol. The van der Waals surface area contributed by atoms with Crippen LogP contribution in [0.25, 0.3) is 0 Å². The molecule has 0 aliphatic heterocycles. The lowest BCUT2D eigenvalue weighted by molar-refractivity contribution is -0.109. The molecule has 1 amide bonds. The SMILES string of the molecule is O=C[C@H](NC(=O)OCc1ccccc1)C(I)c1ccccc1. The number of ether oxygens (including phenoxy) is 1. The molecule has 1 unspecified atom stereocenters. The number of amides is 1. The molecule has 2 aromatic carbocycles. The molecule has 0 radical (unpaired) electrons. The molecule has 5 heteroatoms. The molecule has 0 heterocycles. The van der Waals surface area contributed by atoms with Gasteiger partial charge in [0.1, 0.15) is 18.9 Å². The van der Waals surface area contributed by atoms with Crippen LogP contribution in [0.1, 0.15) is 15.1 Å². The van der Waals surface area contributed by atoms with Crippen LogP contribution in [0.4, 0.5) is 4.79 Å². The van der Waals surface area contributed by atoms with Gasteiger partial charge in [-0.1, -0.05) is 83.3 Å². The highest BCUT2D eigenvalue weighted by atomic mass is 127. The van der Waals surface area contributed by atoms with Gasteiger partial charge >= 0.3 is 6.09 Å². The number of alkyl carbamates (subject to hydrolysis) is 1. The fourth-order valence-electron chi connectivity index (χ4n) is 1.92. The number of rotatable bonds is 6. The van der Waals surface area contributed by atoms with Gasteiger partial charge in [-0.3, -0.25) is 0 Å². The Kier molecular flexibility index (Phi) is 6.39. The van der Waals surface area contributed by atoms with Crippen LogP contribution in [-0.2, 0) is 16.1 Å². The first kappa shape index (κ1) is 16.5. The van der Waals surface area contributed by atoms with E-state index in [0.29, 0.717) is 0 Å². The Morgan fingerprint density at radius 3 is 2.27 bits per heavy atom. The molecular formula is C17H16INO3. The Bertz CT molecular complexity index is 604. The summed E-state index contributed by atoms with van der Waals surface area (Å²) in [5, 5.41) is 2.60. The van der Waals surface area contributed by atoms with Gasteiger partial charge in [0, 0.05) is 0 Å². The fraction of sp³-hybridized carbons (Fsp3) is 0.176. The first-order valence-electron chi connectivity index (χ1n) is 6.82. The van der Waals surface area contributed by atoms with Gasteiger partial charge in [0.15, 0.2) is 0 Å². The van der Waals surface area contributed by atoms with Crippen molar-refractivity contribution in [1.82, 2.24) is 5.32 Å². The minimum absolute atomic E-state index is 0.152. The van der Waals surface area contributed by atoms with E-state index in [9.17, 15) is 9.59 Å². The molecule has 0 aliphatic carbocycles. The second-order valence-electron chi connectivity index (χ2n) is 4.68. The van der Waals surface area contributed by atoms with Crippen molar-refractivity contribution in [3.8, 4) is 0 Å². The largest absolute Gasteiger partial charge is 0.445 e. The zero-order valence-corrected chi connectivity index (χ0v) is 14.0. The van der Waals surface area contributed by atoms with Gasteiger partial charge < -0.3 is 14.8 Å². The van der Waals surface area contributed by atoms with Crippen LogP contribution in [0.2, 0.25) is 0 Å². The third-order valence-corrected chi connectivity index (χ3v) is 4.57. The van der Waals surface area contributed by atoms with E-state index >= 15 is 0 Å². The third kappa shape index (κ3) is 4.84. The minimum Gasteiger partial charge on any atom is -0.445 e. The molecule has 114 valence electrons. The molecule has 0 fully saturated rings. The van der Waals surface area contributed by atoms with E-state index in [4.69, 9.17) is 4.74 Å². The van der Waals surface area contributed by atoms with Gasteiger partial charge in [0.05, 0.1) is 3.92 Å². The van der Waals surface area contributed by atoms with Gasteiger partial charge in [0.2, 0.25) is 0 Å². The summed E-state index contributed by atoms with van der Waals surface area (Å²) in [5.74, 6) is 0. The maximum atomic E-state index is 11.8. The highest BCUT2D eigenvalue weighted by Gasteiger charge is 2.22. The number of hydrogen-bond acceptors (Lipinski definition) is 3. The zero-order valence-electron chi connectivity index (χ0n) is 11.8. The van der Waals surface area contributed by atoms with Crippen LogP contribution in [0.3, 0.4) is 0 Å². The first-order valence-corrected chi connectivity index (χ1v) is 8.07. The Labute approximate surface area is 143 Å². The summed E-state index contributed by atoms with van der Waals surface area (Å²) in [7, 11) is 0. The second-order valence-corrected chi connectivity index (χ2v) is 6.02. The van der Waals surface area contributed by atoms with Crippen LogP contribution in [0.5, 0.6) is 0 Å². The van der Waals surface area contributed by atoms with Crippen LogP contribution >= 0.6 is 22.6 Å². The number of halogens is 1. The second kappa shape index (κ2) is 8.53. The molecule has 0 aromatic heterocycles. The van der Waals surface area contributed by atoms with Crippen molar-refractivity contribution < 1.29 is 14.3 Å². The van der Waals surface area contributed by atoms with Crippen molar-refractivity contribution >= 4 is 35.0 Å². The zero-order chi connectivity index (χ0) is 15.8. The van der Waals surface area contributed by atoms with E-state index in [1.54, 1.807) is 0 Å². The van der Waals surface area contributed by atoms with Crippen LogP contribution in [0.15, 0.2) is 60.7 Å². The van der Waals surface area contributed by atoms with Crippen molar-refractivity contribution in [2.75, 3.05) is 0 Å². The summed E-state index contributed by atoms with van der Waals surface area (Å²) in [6.07, 6.45) is 0.131.